The first-order valence-electron chi connectivity index (χ1n) is 18.9. The summed E-state index contributed by atoms with van der Waals surface area (Å²) in [6, 6.07) is 22.4. The average molecular weight is 848 g/mol. The lowest BCUT2D eigenvalue weighted by Gasteiger charge is -2.20. The summed E-state index contributed by atoms with van der Waals surface area (Å²) in [6.45, 7) is 10.3. The van der Waals surface area contributed by atoms with Crippen molar-refractivity contribution >= 4 is 36.2 Å². The SMILES string of the molecule is C=CC(=O)OCCNC(=O)OCCOc1ccc(C(c2ccc(OCCOC(=O)NCCOC(=O)C=C)cc2)c2ccc(OCCOC(=O)NCCOC(=O)C=C)cc2)cc1. The molecule has 61 heavy (non-hydrogen) atoms. The maximum Gasteiger partial charge on any atom is 0.407 e. The van der Waals surface area contributed by atoms with Gasteiger partial charge in [0, 0.05) is 24.1 Å². The van der Waals surface area contributed by atoms with Crippen LogP contribution in [0, 0.1) is 0 Å². The van der Waals surface area contributed by atoms with Gasteiger partial charge in [0.2, 0.25) is 0 Å². The van der Waals surface area contributed by atoms with Crippen LogP contribution in [-0.2, 0) is 42.8 Å². The summed E-state index contributed by atoms with van der Waals surface area (Å²) < 4.78 is 47.0. The number of hydrogen-bond donors (Lipinski definition) is 3. The number of nitrogens with one attached hydrogen (secondary N) is 3. The van der Waals surface area contributed by atoms with Gasteiger partial charge in [0.1, 0.15) is 76.7 Å². The fourth-order valence-electron chi connectivity index (χ4n) is 4.97. The van der Waals surface area contributed by atoms with Gasteiger partial charge in [-0.15, -0.1) is 0 Å². The fourth-order valence-corrected chi connectivity index (χ4v) is 4.97. The Morgan fingerprint density at radius 3 is 0.902 bits per heavy atom. The minimum absolute atomic E-state index is 0.0183. The highest BCUT2D eigenvalue weighted by atomic mass is 16.6. The fraction of sp³-hybridized carbons (Fsp3) is 0.302. The zero-order valence-corrected chi connectivity index (χ0v) is 33.5. The first-order chi connectivity index (χ1) is 29.6. The first kappa shape index (κ1) is 47.9. The van der Waals surface area contributed by atoms with Crippen molar-refractivity contribution in [1.82, 2.24) is 16.0 Å². The van der Waals surface area contributed by atoms with Crippen LogP contribution in [0.15, 0.2) is 111 Å². The third kappa shape index (κ3) is 19.7. The summed E-state index contributed by atoms with van der Waals surface area (Å²) in [6.07, 6.45) is 1.04. The van der Waals surface area contributed by atoms with E-state index in [0.29, 0.717) is 17.2 Å². The number of benzene rings is 3. The van der Waals surface area contributed by atoms with Crippen molar-refractivity contribution in [2.45, 2.75) is 5.92 Å². The van der Waals surface area contributed by atoms with Crippen LogP contribution in [0.25, 0.3) is 0 Å². The molecule has 0 bridgehead atoms. The topological polar surface area (TPSA) is 222 Å². The van der Waals surface area contributed by atoms with Crippen molar-refractivity contribution in [3.05, 3.63) is 127 Å². The van der Waals surface area contributed by atoms with Crippen LogP contribution in [0.4, 0.5) is 14.4 Å². The normalized spacial score (nSPS) is 10.2. The van der Waals surface area contributed by atoms with E-state index in [0.717, 1.165) is 34.9 Å². The molecule has 18 heteroatoms. The quantitative estimate of drug-likeness (QED) is 0.0319. The maximum absolute atomic E-state index is 11.9. The molecule has 3 rings (SSSR count). The van der Waals surface area contributed by atoms with Gasteiger partial charge in [0.15, 0.2) is 0 Å². The smallest absolute Gasteiger partial charge is 0.407 e. The van der Waals surface area contributed by atoms with E-state index in [9.17, 15) is 28.8 Å². The van der Waals surface area contributed by atoms with Crippen LogP contribution in [0.3, 0.4) is 0 Å². The van der Waals surface area contributed by atoms with Crippen molar-refractivity contribution in [3.8, 4) is 17.2 Å². The van der Waals surface area contributed by atoms with Gasteiger partial charge in [-0.3, -0.25) is 0 Å². The number of alkyl carbamates (subject to hydrolysis) is 3. The summed E-state index contributed by atoms with van der Waals surface area (Å²) in [7, 11) is 0. The zero-order valence-electron chi connectivity index (χ0n) is 33.5. The molecule has 0 saturated heterocycles. The Hall–Kier alpha value is -7.50. The molecule has 0 atom stereocenters. The van der Waals surface area contributed by atoms with E-state index >= 15 is 0 Å². The molecule has 3 amide bonds. The van der Waals surface area contributed by atoms with Crippen LogP contribution < -0.4 is 30.2 Å². The molecule has 0 aromatic heterocycles. The second-order valence-electron chi connectivity index (χ2n) is 12.0. The molecular formula is C43H49N3O15. The summed E-state index contributed by atoms with van der Waals surface area (Å²) in [5.74, 6) is -0.364. The molecule has 0 aliphatic heterocycles. The molecule has 0 unspecified atom stereocenters. The standard InChI is InChI=1S/C43H49N3O15/c1-4-37(47)56-22-19-44-41(50)59-28-25-53-34-13-7-31(8-14-34)40(32-9-15-35(16-10-32)54-26-29-60-42(51)45-20-23-57-38(48)5-2)33-11-17-36(18-12-33)55-27-30-61-43(52)46-21-24-58-39(49)6-3/h4-18,40H,1-3,19-30H2,(H,44,50)(H,45,51)(H,46,52). The van der Waals surface area contributed by atoms with E-state index in [1.54, 1.807) is 36.4 Å². The molecule has 3 aromatic carbocycles. The highest BCUT2D eigenvalue weighted by Gasteiger charge is 2.18. The Labute approximate surface area is 352 Å². The van der Waals surface area contributed by atoms with Gasteiger partial charge in [0.25, 0.3) is 0 Å². The number of hydrogen-bond acceptors (Lipinski definition) is 15. The molecule has 0 saturated carbocycles. The number of amides is 3. The van der Waals surface area contributed by atoms with Crippen LogP contribution in [0.1, 0.15) is 22.6 Å². The van der Waals surface area contributed by atoms with Crippen molar-refractivity contribution in [2.24, 2.45) is 0 Å². The van der Waals surface area contributed by atoms with E-state index in [2.05, 4.69) is 35.7 Å². The van der Waals surface area contributed by atoms with Crippen molar-refractivity contribution in [3.63, 3.8) is 0 Å². The second kappa shape index (κ2) is 28.0. The molecule has 3 N–H and O–H groups in total. The minimum Gasteiger partial charge on any atom is -0.490 e. The lowest BCUT2D eigenvalue weighted by atomic mass is 9.85. The van der Waals surface area contributed by atoms with E-state index < -0.39 is 36.2 Å². The van der Waals surface area contributed by atoms with Crippen LogP contribution in [-0.4, -0.2) is 115 Å². The van der Waals surface area contributed by atoms with E-state index in [4.69, 9.17) is 42.6 Å². The monoisotopic (exact) mass is 847 g/mol. The highest BCUT2D eigenvalue weighted by Crippen LogP contribution is 2.34. The second-order valence-corrected chi connectivity index (χ2v) is 12.0. The predicted octanol–water partition coefficient (Wildman–Crippen LogP) is 4.37. The molecular weight excluding hydrogens is 798 g/mol. The lowest BCUT2D eigenvalue weighted by Crippen LogP contribution is -2.29. The summed E-state index contributed by atoms with van der Waals surface area (Å²) in [5, 5.41) is 7.39. The third-order valence-electron chi connectivity index (χ3n) is 7.74. The Bertz CT molecular complexity index is 1670. The average Bonchev–Trinajstić information content (AvgIpc) is 3.28. The van der Waals surface area contributed by atoms with Gasteiger partial charge < -0.3 is 58.6 Å². The van der Waals surface area contributed by atoms with Crippen LogP contribution in [0.2, 0.25) is 0 Å². The lowest BCUT2D eigenvalue weighted by molar-refractivity contribution is -0.138. The molecule has 3 aromatic rings. The first-order valence-corrected chi connectivity index (χ1v) is 18.9. The molecule has 0 aliphatic carbocycles. The molecule has 0 heterocycles. The Balaban J connectivity index is 1.58. The molecule has 326 valence electrons. The number of esters is 3. The summed E-state index contributed by atoms with van der Waals surface area (Å²) >= 11 is 0. The van der Waals surface area contributed by atoms with Crippen molar-refractivity contribution < 1.29 is 71.4 Å². The molecule has 0 aliphatic rings. The molecule has 0 fully saturated rings. The Kier molecular flexibility index (Phi) is 22.0. The summed E-state index contributed by atoms with van der Waals surface area (Å²) in [4.78, 5) is 68.9. The Morgan fingerprint density at radius 2 is 0.656 bits per heavy atom. The third-order valence-corrected chi connectivity index (χ3v) is 7.74. The van der Waals surface area contributed by atoms with Gasteiger partial charge in [-0.05, 0) is 53.1 Å². The van der Waals surface area contributed by atoms with E-state index in [1.807, 2.05) is 36.4 Å². The Morgan fingerprint density at radius 1 is 0.393 bits per heavy atom. The number of ether oxygens (including phenoxy) is 9. The van der Waals surface area contributed by atoms with Gasteiger partial charge in [-0.1, -0.05) is 56.1 Å². The van der Waals surface area contributed by atoms with Gasteiger partial charge in [-0.2, -0.15) is 0 Å². The maximum atomic E-state index is 11.9. The van der Waals surface area contributed by atoms with Gasteiger partial charge in [-0.25, -0.2) is 28.8 Å². The molecule has 18 nitrogen and oxygen atoms in total. The molecule has 0 spiro atoms. The predicted molar refractivity (Wildman–Crippen MR) is 218 cm³/mol. The van der Waals surface area contributed by atoms with Crippen molar-refractivity contribution in [2.75, 3.05) is 79.1 Å². The van der Waals surface area contributed by atoms with Gasteiger partial charge >= 0.3 is 36.2 Å². The van der Waals surface area contributed by atoms with Gasteiger partial charge in [0.05, 0.1) is 19.6 Å². The number of carbonyl (C=O) groups is 6. The number of rotatable bonds is 27. The zero-order chi connectivity index (χ0) is 44.1. The van der Waals surface area contributed by atoms with E-state index in [1.165, 1.54) is 0 Å². The summed E-state index contributed by atoms with van der Waals surface area (Å²) in [5.41, 5.74) is 2.79. The largest absolute Gasteiger partial charge is 0.490 e. The van der Waals surface area contributed by atoms with Crippen LogP contribution >= 0.6 is 0 Å². The van der Waals surface area contributed by atoms with Crippen molar-refractivity contribution in [1.29, 1.82) is 0 Å². The highest BCUT2D eigenvalue weighted by molar-refractivity contribution is 5.82. The number of carbonyl (C=O) groups excluding carboxylic acids is 6. The van der Waals surface area contributed by atoms with Crippen LogP contribution in [0.5, 0.6) is 17.2 Å². The molecule has 0 radical (unpaired) electrons. The minimum atomic E-state index is -0.680. The van der Waals surface area contributed by atoms with E-state index in [-0.39, 0.29) is 85.0 Å².